The Morgan fingerprint density at radius 2 is 1.83 bits per heavy atom. The molecule has 1 aliphatic carbocycles. The molecule has 1 aliphatic heterocycles. The molecule has 252 valence electrons. The van der Waals surface area contributed by atoms with Crippen LogP contribution in [0.25, 0.3) is 5.65 Å². The molecule has 2 aliphatic rings. The van der Waals surface area contributed by atoms with Crippen LogP contribution in [0.5, 0.6) is 0 Å². The monoisotopic (exact) mass is 655 g/mol. The van der Waals surface area contributed by atoms with E-state index in [4.69, 9.17) is 0 Å². The highest BCUT2D eigenvalue weighted by atomic mass is 19.4. The Kier molecular flexibility index (Phi) is 9.87. The van der Waals surface area contributed by atoms with Gasteiger partial charge >= 0.3 is 6.18 Å². The van der Waals surface area contributed by atoms with Crippen LogP contribution in [-0.4, -0.2) is 80.8 Å². The number of alkyl halides is 3. The highest BCUT2D eigenvalue weighted by Gasteiger charge is 2.45. The molecule has 1 aromatic carbocycles. The summed E-state index contributed by atoms with van der Waals surface area (Å²) in [5.74, 6) is -1.52. The zero-order valence-corrected chi connectivity index (χ0v) is 26.8. The zero-order chi connectivity index (χ0) is 33.9. The summed E-state index contributed by atoms with van der Waals surface area (Å²) in [4.78, 5) is 61.7. The Bertz CT molecular complexity index is 1670. The SMILES string of the molecule is Cc1cc(C(F)(F)F)n2nc(C(=O)N3CCCC(=O)N(CCC(C)C)CC(=O)NC4(CCCc5ccccc54)C(=O)NCC3)cc2n1. The maximum atomic E-state index is 14.0. The summed E-state index contributed by atoms with van der Waals surface area (Å²) in [5, 5.41) is 9.86. The molecule has 0 radical (unpaired) electrons. The Morgan fingerprint density at radius 3 is 2.57 bits per heavy atom. The summed E-state index contributed by atoms with van der Waals surface area (Å²) >= 11 is 0. The van der Waals surface area contributed by atoms with E-state index in [0.717, 1.165) is 18.1 Å². The van der Waals surface area contributed by atoms with E-state index in [1.807, 2.05) is 38.1 Å². The summed E-state index contributed by atoms with van der Waals surface area (Å²) in [6.45, 7) is 5.65. The first-order valence-corrected chi connectivity index (χ1v) is 16.0. The largest absolute Gasteiger partial charge is 0.433 e. The summed E-state index contributed by atoms with van der Waals surface area (Å²) in [7, 11) is 0. The van der Waals surface area contributed by atoms with E-state index in [9.17, 15) is 32.3 Å². The van der Waals surface area contributed by atoms with Crippen LogP contribution >= 0.6 is 0 Å². The summed E-state index contributed by atoms with van der Waals surface area (Å²) in [6, 6.07) is 9.50. The number of amides is 4. The minimum absolute atomic E-state index is 0.00263. The molecule has 1 spiro atoms. The molecule has 0 saturated carbocycles. The van der Waals surface area contributed by atoms with Crippen molar-refractivity contribution in [1.29, 1.82) is 0 Å². The molecule has 5 rings (SSSR count). The molecule has 4 amide bonds. The third-order valence-electron chi connectivity index (χ3n) is 8.72. The summed E-state index contributed by atoms with van der Waals surface area (Å²) in [5.41, 5.74) is -1.05. The predicted molar refractivity (Wildman–Crippen MR) is 166 cm³/mol. The van der Waals surface area contributed by atoms with Gasteiger partial charge in [-0.15, -0.1) is 0 Å². The highest BCUT2D eigenvalue weighted by Crippen LogP contribution is 2.36. The van der Waals surface area contributed by atoms with Crippen LogP contribution in [0, 0.1) is 12.8 Å². The van der Waals surface area contributed by atoms with Crippen molar-refractivity contribution < 1.29 is 32.3 Å². The van der Waals surface area contributed by atoms with E-state index in [1.165, 1.54) is 22.8 Å². The maximum absolute atomic E-state index is 14.0. The van der Waals surface area contributed by atoms with Crippen LogP contribution in [0.15, 0.2) is 36.4 Å². The molecule has 14 heteroatoms. The summed E-state index contributed by atoms with van der Waals surface area (Å²) in [6.07, 6.45) is -2.05. The van der Waals surface area contributed by atoms with E-state index in [0.29, 0.717) is 35.9 Å². The molecule has 3 heterocycles. The van der Waals surface area contributed by atoms with Crippen molar-refractivity contribution in [2.45, 2.75) is 71.0 Å². The molecule has 3 aromatic rings. The van der Waals surface area contributed by atoms with Crippen LogP contribution in [0.4, 0.5) is 13.2 Å². The van der Waals surface area contributed by atoms with Crippen LogP contribution in [0.3, 0.4) is 0 Å². The number of nitrogens with zero attached hydrogens (tertiary/aromatic N) is 5. The predicted octanol–water partition coefficient (Wildman–Crippen LogP) is 3.63. The van der Waals surface area contributed by atoms with E-state index in [2.05, 4.69) is 20.7 Å². The van der Waals surface area contributed by atoms with Crippen molar-refractivity contribution in [1.82, 2.24) is 35.0 Å². The lowest BCUT2D eigenvalue weighted by atomic mass is 9.75. The molecule has 1 atom stereocenters. The van der Waals surface area contributed by atoms with E-state index in [-0.39, 0.29) is 67.9 Å². The van der Waals surface area contributed by atoms with Gasteiger partial charge in [-0.1, -0.05) is 38.1 Å². The number of hydrogen-bond acceptors (Lipinski definition) is 6. The second kappa shape index (κ2) is 13.7. The first-order valence-electron chi connectivity index (χ1n) is 16.0. The normalized spacial score (nSPS) is 20.3. The van der Waals surface area contributed by atoms with Crippen molar-refractivity contribution in [2.75, 3.05) is 32.7 Å². The van der Waals surface area contributed by atoms with Crippen molar-refractivity contribution >= 4 is 29.3 Å². The summed E-state index contributed by atoms with van der Waals surface area (Å²) < 4.78 is 41.9. The second-order valence-electron chi connectivity index (χ2n) is 12.7. The van der Waals surface area contributed by atoms with Gasteiger partial charge < -0.3 is 20.4 Å². The molecule has 47 heavy (non-hydrogen) atoms. The number of fused-ring (bicyclic) bond motifs is 3. The maximum Gasteiger partial charge on any atom is 0.433 e. The molecular formula is C33H40F3N7O4. The second-order valence-corrected chi connectivity index (χ2v) is 12.7. The minimum Gasteiger partial charge on any atom is -0.352 e. The van der Waals surface area contributed by atoms with Crippen molar-refractivity contribution in [3.63, 3.8) is 0 Å². The Morgan fingerprint density at radius 1 is 1.06 bits per heavy atom. The quantitative estimate of drug-likeness (QED) is 0.442. The first kappa shape index (κ1) is 33.9. The van der Waals surface area contributed by atoms with Crippen molar-refractivity contribution in [3.05, 3.63) is 64.6 Å². The van der Waals surface area contributed by atoms with Gasteiger partial charge in [-0.25, -0.2) is 9.50 Å². The molecule has 2 aromatic heterocycles. The molecule has 2 N–H and O–H groups in total. The van der Waals surface area contributed by atoms with E-state index in [1.54, 1.807) is 0 Å². The topological polar surface area (TPSA) is 129 Å². The average molecular weight is 656 g/mol. The molecule has 1 saturated heterocycles. The highest BCUT2D eigenvalue weighted by molar-refractivity contribution is 5.95. The van der Waals surface area contributed by atoms with E-state index < -0.39 is 35.1 Å². The zero-order valence-electron chi connectivity index (χ0n) is 26.8. The van der Waals surface area contributed by atoms with Crippen molar-refractivity contribution in [3.8, 4) is 0 Å². The number of aryl methyl sites for hydroxylation is 2. The van der Waals surface area contributed by atoms with Gasteiger partial charge in [-0.3, -0.25) is 19.2 Å². The van der Waals surface area contributed by atoms with E-state index >= 15 is 0 Å². The Balaban J connectivity index is 1.47. The van der Waals surface area contributed by atoms with Crippen LogP contribution < -0.4 is 10.6 Å². The molecule has 0 bridgehead atoms. The fraction of sp³-hybridized carbons (Fsp3) is 0.515. The lowest BCUT2D eigenvalue weighted by molar-refractivity contribution is -0.142. The van der Waals surface area contributed by atoms with Crippen LogP contribution in [-0.2, 0) is 32.5 Å². The van der Waals surface area contributed by atoms with Gasteiger partial charge in [0.05, 0.1) is 6.54 Å². The van der Waals surface area contributed by atoms with Gasteiger partial charge in [-0.05, 0) is 62.1 Å². The lowest BCUT2D eigenvalue weighted by Crippen LogP contribution is -2.60. The number of halogens is 3. The third kappa shape index (κ3) is 7.41. The fourth-order valence-corrected chi connectivity index (χ4v) is 6.33. The Hall–Kier alpha value is -4.49. The van der Waals surface area contributed by atoms with Gasteiger partial charge in [0.2, 0.25) is 11.8 Å². The average Bonchev–Trinajstić information content (AvgIpc) is 3.44. The standard InChI is InChI=1S/C33H40F3N7O4/c1-21(2)12-16-42-20-28(44)39-32(13-6-9-23-8-4-5-10-24(23)32)31(47)37-14-17-41(15-7-11-29(42)45)30(46)25-19-27-38-22(3)18-26(33(34,35)36)43(27)40-25/h4-5,8,10,18-19,21H,6-7,9,11-17,20H2,1-3H3,(H,37,47)(H,39,44). The molecule has 1 fully saturated rings. The van der Waals surface area contributed by atoms with Gasteiger partial charge in [0.25, 0.3) is 11.8 Å². The number of carbonyl (C=O) groups excluding carboxylic acids is 4. The Labute approximate surface area is 270 Å². The van der Waals surface area contributed by atoms with Crippen molar-refractivity contribution in [2.24, 2.45) is 5.92 Å². The molecule has 1 unspecified atom stereocenters. The van der Waals surface area contributed by atoms with Gasteiger partial charge in [0, 0.05) is 44.4 Å². The van der Waals surface area contributed by atoms with Gasteiger partial charge in [-0.2, -0.15) is 18.3 Å². The van der Waals surface area contributed by atoms with Crippen LogP contribution in [0.2, 0.25) is 0 Å². The van der Waals surface area contributed by atoms with Gasteiger partial charge in [0.1, 0.15) is 11.2 Å². The number of hydrogen-bond donors (Lipinski definition) is 2. The number of aromatic nitrogens is 3. The molecule has 11 nitrogen and oxygen atoms in total. The lowest BCUT2D eigenvalue weighted by Gasteiger charge is -2.39. The number of carbonyl (C=O) groups is 4. The fourth-order valence-electron chi connectivity index (χ4n) is 6.33. The number of nitrogens with one attached hydrogen (secondary N) is 2. The number of rotatable bonds is 4. The smallest absolute Gasteiger partial charge is 0.352 e. The number of benzene rings is 1. The molecular weight excluding hydrogens is 615 g/mol. The van der Waals surface area contributed by atoms with Crippen LogP contribution in [0.1, 0.15) is 79.0 Å². The first-order chi connectivity index (χ1) is 22.3. The minimum atomic E-state index is -4.72. The van der Waals surface area contributed by atoms with Gasteiger partial charge in [0.15, 0.2) is 11.3 Å². The third-order valence-corrected chi connectivity index (χ3v) is 8.72.